The summed E-state index contributed by atoms with van der Waals surface area (Å²) in [6.45, 7) is 5.02. The van der Waals surface area contributed by atoms with E-state index in [0.29, 0.717) is 10.7 Å². The fraction of sp³-hybridized carbons (Fsp3) is 0.400. The smallest absolute Gasteiger partial charge is 0.408 e. The fourth-order valence-electron chi connectivity index (χ4n) is 1.83. The molecule has 0 aliphatic rings. The Kier molecular flexibility index (Phi) is 5.60. The van der Waals surface area contributed by atoms with Crippen LogP contribution in [-0.4, -0.2) is 44.7 Å². The second-order valence-electron chi connectivity index (χ2n) is 6.27. The molecule has 0 radical (unpaired) electrons. The van der Waals surface area contributed by atoms with Gasteiger partial charge in [0.25, 0.3) is 5.91 Å². The number of nitrogens with one attached hydrogen (secondary N) is 1. The van der Waals surface area contributed by atoms with Gasteiger partial charge in [0.1, 0.15) is 23.6 Å². The van der Waals surface area contributed by atoms with Crippen LogP contribution in [0.5, 0.6) is 0 Å². The van der Waals surface area contributed by atoms with E-state index in [-0.39, 0.29) is 18.0 Å². The zero-order chi connectivity index (χ0) is 19.5. The van der Waals surface area contributed by atoms with Crippen molar-refractivity contribution in [2.75, 3.05) is 0 Å². The van der Waals surface area contributed by atoms with E-state index in [0.717, 1.165) is 6.26 Å². The van der Waals surface area contributed by atoms with Crippen molar-refractivity contribution >= 4 is 29.3 Å². The maximum absolute atomic E-state index is 11.8. The van der Waals surface area contributed by atoms with Crippen LogP contribution >= 0.6 is 11.3 Å². The zero-order valence-electron chi connectivity index (χ0n) is 14.3. The number of ether oxygens (including phenoxy) is 1. The lowest BCUT2D eigenvalue weighted by Gasteiger charge is -2.21. The second-order valence-corrected chi connectivity index (χ2v) is 7.21. The van der Waals surface area contributed by atoms with Crippen LogP contribution in [-0.2, 0) is 16.0 Å². The van der Waals surface area contributed by atoms with Gasteiger partial charge >= 0.3 is 12.1 Å². The van der Waals surface area contributed by atoms with Crippen LogP contribution < -0.4 is 11.1 Å². The monoisotopic (exact) mass is 382 g/mol. The standard InChI is InChI=1S/C15H18N4O6S/c1-15(2,3)25-14(23)19-7(13(21)22)4-10-17-9(6-26-10)12-18-8(5-24-12)11(16)20/h5-7H,4H2,1-3H3,(H2,16,20)(H,19,23)(H,21,22). The number of carboxylic acids is 1. The molecule has 2 heterocycles. The average molecular weight is 382 g/mol. The number of aromatic nitrogens is 2. The third-order valence-electron chi connectivity index (χ3n) is 2.90. The molecule has 2 rings (SSSR count). The number of nitrogens with two attached hydrogens (primary N) is 1. The lowest BCUT2D eigenvalue weighted by Crippen LogP contribution is -2.44. The first-order valence-corrected chi connectivity index (χ1v) is 8.35. The highest BCUT2D eigenvalue weighted by Gasteiger charge is 2.25. The Morgan fingerprint density at radius 3 is 2.62 bits per heavy atom. The maximum atomic E-state index is 11.8. The Labute approximate surface area is 152 Å². The van der Waals surface area contributed by atoms with E-state index in [2.05, 4.69) is 15.3 Å². The molecule has 0 spiro atoms. The third-order valence-corrected chi connectivity index (χ3v) is 3.77. The van der Waals surface area contributed by atoms with Gasteiger partial charge < -0.3 is 25.3 Å². The van der Waals surface area contributed by atoms with Crippen LogP contribution in [0.4, 0.5) is 4.79 Å². The molecular formula is C15H18N4O6S. The molecule has 11 heteroatoms. The molecule has 26 heavy (non-hydrogen) atoms. The highest BCUT2D eigenvalue weighted by Crippen LogP contribution is 2.22. The summed E-state index contributed by atoms with van der Waals surface area (Å²) in [4.78, 5) is 42.3. The minimum atomic E-state index is -1.22. The summed E-state index contributed by atoms with van der Waals surface area (Å²) in [5.74, 6) is -1.86. The van der Waals surface area contributed by atoms with Gasteiger partial charge in [-0.3, -0.25) is 4.79 Å². The van der Waals surface area contributed by atoms with Crippen molar-refractivity contribution < 1.29 is 28.6 Å². The van der Waals surface area contributed by atoms with E-state index in [1.807, 2.05) is 0 Å². The van der Waals surface area contributed by atoms with Gasteiger partial charge in [-0.25, -0.2) is 19.6 Å². The van der Waals surface area contributed by atoms with Gasteiger partial charge in [0.05, 0.1) is 5.01 Å². The van der Waals surface area contributed by atoms with E-state index in [1.54, 1.807) is 26.2 Å². The Bertz CT molecular complexity index is 822. The van der Waals surface area contributed by atoms with Crippen molar-refractivity contribution in [2.45, 2.75) is 38.8 Å². The highest BCUT2D eigenvalue weighted by molar-refractivity contribution is 7.09. The first-order valence-electron chi connectivity index (χ1n) is 7.47. The number of hydrogen-bond acceptors (Lipinski definition) is 8. The van der Waals surface area contributed by atoms with Gasteiger partial charge in [-0.05, 0) is 20.8 Å². The predicted octanol–water partition coefficient (Wildman–Crippen LogP) is 1.42. The van der Waals surface area contributed by atoms with Crippen molar-refractivity contribution in [1.82, 2.24) is 15.3 Å². The molecule has 0 aromatic carbocycles. The SMILES string of the molecule is CC(C)(C)OC(=O)NC(Cc1nc(-c2nc(C(N)=O)co2)cs1)C(=O)O. The van der Waals surface area contributed by atoms with Gasteiger partial charge in [-0.1, -0.05) is 0 Å². The minimum Gasteiger partial charge on any atom is -0.480 e. The molecule has 0 saturated carbocycles. The zero-order valence-corrected chi connectivity index (χ0v) is 15.1. The molecule has 0 aliphatic carbocycles. The number of carbonyl (C=O) groups excluding carboxylic acids is 2. The lowest BCUT2D eigenvalue weighted by molar-refractivity contribution is -0.139. The number of thiazole rings is 1. The van der Waals surface area contributed by atoms with E-state index in [1.165, 1.54) is 11.3 Å². The number of aliphatic carboxylic acids is 1. The maximum Gasteiger partial charge on any atom is 0.408 e. The molecule has 1 atom stereocenters. The number of hydrogen-bond donors (Lipinski definition) is 3. The molecule has 10 nitrogen and oxygen atoms in total. The third kappa shape index (κ3) is 5.28. The average Bonchev–Trinajstić information content (AvgIpc) is 3.12. The summed E-state index contributed by atoms with van der Waals surface area (Å²) in [5.41, 5.74) is 4.65. The number of rotatable bonds is 6. The van der Waals surface area contributed by atoms with E-state index in [9.17, 15) is 19.5 Å². The Morgan fingerprint density at radius 1 is 1.38 bits per heavy atom. The van der Waals surface area contributed by atoms with Crippen LogP contribution in [0.2, 0.25) is 0 Å². The summed E-state index contributed by atoms with van der Waals surface area (Å²) in [7, 11) is 0. The number of oxazole rings is 1. The number of amides is 2. The number of nitrogens with zero attached hydrogens (tertiary/aromatic N) is 2. The van der Waals surface area contributed by atoms with E-state index in [4.69, 9.17) is 14.9 Å². The van der Waals surface area contributed by atoms with Gasteiger partial charge in [0.15, 0.2) is 5.69 Å². The van der Waals surface area contributed by atoms with E-state index < -0.39 is 29.6 Å². The van der Waals surface area contributed by atoms with E-state index >= 15 is 0 Å². The summed E-state index contributed by atoms with van der Waals surface area (Å²) in [5, 5.41) is 13.6. The van der Waals surface area contributed by atoms with Gasteiger partial charge in [-0.2, -0.15) is 0 Å². The summed E-state index contributed by atoms with van der Waals surface area (Å²) >= 11 is 1.17. The molecular weight excluding hydrogens is 364 g/mol. The van der Waals surface area contributed by atoms with Crippen LogP contribution in [0.25, 0.3) is 11.6 Å². The molecule has 0 fully saturated rings. The topological polar surface area (TPSA) is 158 Å². The second kappa shape index (κ2) is 7.52. The Balaban J connectivity index is 2.07. The summed E-state index contributed by atoms with van der Waals surface area (Å²) < 4.78 is 10.2. The van der Waals surface area contributed by atoms with Crippen molar-refractivity contribution in [1.29, 1.82) is 0 Å². The van der Waals surface area contributed by atoms with Crippen molar-refractivity contribution in [3.63, 3.8) is 0 Å². The summed E-state index contributed by atoms with van der Waals surface area (Å²) in [6.07, 6.45) is 0.226. The fourth-order valence-corrected chi connectivity index (χ4v) is 2.65. The lowest BCUT2D eigenvalue weighted by atomic mass is 10.2. The largest absolute Gasteiger partial charge is 0.480 e. The molecule has 2 aromatic heterocycles. The number of carboxylic acid groups (broad SMARTS) is 1. The molecule has 0 bridgehead atoms. The quantitative estimate of drug-likeness (QED) is 0.676. The molecule has 140 valence electrons. The first kappa shape index (κ1) is 19.4. The first-order chi connectivity index (χ1) is 12.0. The minimum absolute atomic E-state index is 0.0374. The van der Waals surface area contributed by atoms with Gasteiger partial charge in [0, 0.05) is 11.8 Å². The molecule has 2 amide bonds. The van der Waals surface area contributed by atoms with Gasteiger partial charge in [-0.15, -0.1) is 11.3 Å². The van der Waals surface area contributed by atoms with Crippen molar-refractivity contribution in [3.8, 4) is 11.6 Å². The molecule has 4 N–H and O–H groups in total. The Hall–Kier alpha value is -2.95. The van der Waals surface area contributed by atoms with Crippen molar-refractivity contribution in [2.24, 2.45) is 5.73 Å². The summed E-state index contributed by atoms with van der Waals surface area (Å²) in [6, 6.07) is -1.21. The van der Waals surface area contributed by atoms with Crippen LogP contribution in [0.3, 0.4) is 0 Å². The van der Waals surface area contributed by atoms with Crippen LogP contribution in [0.15, 0.2) is 16.1 Å². The van der Waals surface area contributed by atoms with Gasteiger partial charge in [0.2, 0.25) is 5.89 Å². The highest BCUT2D eigenvalue weighted by atomic mass is 32.1. The Morgan fingerprint density at radius 2 is 2.08 bits per heavy atom. The number of carbonyl (C=O) groups is 3. The molecule has 0 aliphatic heterocycles. The molecule has 2 aromatic rings. The number of primary amides is 1. The normalized spacial score (nSPS) is 12.4. The van der Waals surface area contributed by atoms with Crippen LogP contribution in [0.1, 0.15) is 36.3 Å². The van der Waals surface area contributed by atoms with Crippen LogP contribution in [0, 0.1) is 0 Å². The molecule has 1 unspecified atom stereocenters. The molecule has 0 saturated heterocycles. The number of alkyl carbamates (subject to hydrolysis) is 1. The predicted molar refractivity (Wildman–Crippen MR) is 90.6 cm³/mol. The van der Waals surface area contributed by atoms with Crippen molar-refractivity contribution in [3.05, 3.63) is 22.3 Å².